The molecule has 1 N–H and O–H groups in total. The molecule has 0 saturated carbocycles. The lowest BCUT2D eigenvalue weighted by Crippen LogP contribution is -2.31. The van der Waals surface area contributed by atoms with Gasteiger partial charge in [0.15, 0.2) is 5.16 Å². The minimum atomic E-state index is -0.151. The Hall–Kier alpha value is -3.64. The predicted molar refractivity (Wildman–Crippen MR) is 134 cm³/mol. The first-order valence-electron chi connectivity index (χ1n) is 10.8. The molecule has 0 radical (unpaired) electrons. The van der Waals surface area contributed by atoms with Gasteiger partial charge < -0.3 is 5.32 Å². The van der Waals surface area contributed by atoms with Crippen molar-refractivity contribution in [1.29, 1.82) is 0 Å². The van der Waals surface area contributed by atoms with Crippen LogP contribution in [0.25, 0.3) is 10.9 Å². The Kier molecular flexibility index (Phi) is 7.37. The third-order valence-electron chi connectivity index (χ3n) is 5.29. The van der Waals surface area contributed by atoms with Gasteiger partial charge in [-0.3, -0.25) is 14.2 Å². The van der Waals surface area contributed by atoms with E-state index in [2.05, 4.69) is 29.0 Å². The SMILES string of the molecule is C=CCn1c(SCC(=O)NC(Cc2ccccc2)c2ccccc2)nc2ccccc2c1=O. The number of nitrogens with one attached hydrogen (secondary N) is 1. The van der Waals surface area contributed by atoms with Crippen LogP contribution in [-0.4, -0.2) is 21.2 Å². The zero-order valence-corrected chi connectivity index (χ0v) is 19.0. The minimum absolute atomic E-state index is 0.114. The molecule has 1 aromatic heterocycles. The maximum absolute atomic E-state index is 12.9. The van der Waals surface area contributed by atoms with Crippen LogP contribution in [0.15, 0.2) is 108 Å². The summed E-state index contributed by atoms with van der Waals surface area (Å²) in [6.45, 7) is 4.08. The lowest BCUT2D eigenvalue weighted by atomic mass is 9.99. The third-order valence-corrected chi connectivity index (χ3v) is 6.27. The lowest BCUT2D eigenvalue weighted by molar-refractivity contribution is -0.119. The van der Waals surface area contributed by atoms with Gasteiger partial charge in [-0.15, -0.1) is 6.58 Å². The molecule has 3 aromatic carbocycles. The number of para-hydroxylation sites is 1. The van der Waals surface area contributed by atoms with Gasteiger partial charge in [0.2, 0.25) is 5.91 Å². The van der Waals surface area contributed by atoms with Crippen LogP contribution < -0.4 is 10.9 Å². The number of rotatable bonds is 9. The van der Waals surface area contributed by atoms with Crippen molar-refractivity contribution in [1.82, 2.24) is 14.9 Å². The maximum Gasteiger partial charge on any atom is 0.262 e. The second kappa shape index (κ2) is 10.8. The Morgan fingerprint density at radius 3 is 2.39 bits per heavy atom. The first-order chi connectivity index (χ1) is 16.2. The van der Waals surface area contributed by atoms with Gasteiger partial charge in [-0.25, -0.2) is 4.98 Å². The zero-order chi connectivity index (χ0) is 23.0. The number of thioether (sulfide) groups is 1. The van der Waals surface area contributed by atoms with Gasteiger partial charge in [-0.2, -0.15) is 0 Å². The van der Waals surface area contributed by atoms with E-state index in [0.717, 1.165) is 11.1 Å². The molecule has 1 amide bonds. The van der Waals surface area contributed by atoms with Crippen LogP contribution in [0.5, 0.6) is 0 Å². The monoisotopic (exact) mass is 455 g/mol. The average molecular weight is 456 g/mol. The largest absolute Gasteiger partial charge is 0.348 e. The van der Waals surface area contributed by atoms with Gasteiger partial charge in [0.25, 0.3) is 5.56 Å². The number of hydrogen-bond donors (Lipinski definition) is 1. The fourth-order valence-electron chi connectivity index (χ4n) is 3.70. The number of aromatic nitrogens is 2. The predicted octanol–water partition coefficient (Wildman–Crippen LogP) is 4.77. The Balaban J connectivity index is 1.52. The van der Waals surface area contributed by atoms with Gasteiger partial charge in [-0.1, -0.05) is 90.6 Å². The van der Waals surface area contributed by atoms with Crippen LogP contribution in [0.3, 0.4) is 0 Å². The highest BCUT2D eigenvalue weighted by Gasteiger charge is 2.17. The Bertz CT molecular complexity index is 1300. The van der Waals surface area contributed by atoms with E-state index in [9.17, 15) is 9.59 Å². The normalized spacial score (nSPS) is 11.8. The number of amides is 1. The molecule has 1 atom stereocenters. The quantitative estimate of drug-likeness (QED) is 0.224. The van der Waals surface area contributed by atoms with Crippen molar-refractivity contribution in [2.24, 2.45) is 0 Å². The summed E-state index contributed by atoms with van der Waals surface area (Å²) in [6, 6.07) is 27.1. The zero-order valence-electron chi connectivity index (χ0n) is 18.2. The molecule has 0 saturated heterocycles. The van der Waals surface area contributed by atoms with E-state index in [0.29, 0.717) is 29.0 Å². The Labute approximate surface area is 197 Å². The van der Waals surface area contributed by atoms with Crippen LogP contribution in [0, 0.1) is 0 Å². The van der Waals surface area contributed by atoms with Crippen molar-refractivity contribution in [2.75, 3.05) is 5.75 Å². The van der Waals surface area contributed by atoms with Gasteiger partial charge in [0.1, 0.15) is 0 Å². The molecule has 4 aromatic rings. The summed E-state index contributed by atoms with van der Waals surface area (Å²) in [7, 11) is 0. The molecule has 5 nitrogen and oxygen atoms in total. The summed E-state index contributed by atoms with van der Waals surface area (Å²) >= 11 is 1.26. The van der Waals surface area contributed by atoms with E-state index >= 15 is 0 Å². The molecule has 4 rings (SSSR count). The van der Waals surface area contributed by atoms with Gasteiger partial charge in [0, 0.05) is 6.54 Å². The minimum Gasteiger partial charge on any atom is -0.348 e. The highest BCUT2D eigenvalue weighted by atomic mass is 32.2. The number of fused-ring (bicyclic) bond motifs is 1. The van der Waals surface area contributed by atoms with E-state index in [-0.39, 0.29) is 23.3 Å². The van der Waals surface area contributed by atoms with Crippen molar-refractivity contribution in [3.63, 3.8) is 0 Å². The summed E-state index contributed by atoms with van der Waals surface area (Å²) < 4.78 is 1.56. The van der Waals surface area contributed by atoms with E-state index in [1.807, 2.05) is 66.7 Å². The molecule has 1 unspecified atom stereocenters. The first-order valence-corrected chi connectivity index (χ1v) is 11.8. The van der Waals surface area contributed by atoms with Crippen LogP contribution in [0.4, 0.5) is 0 Å². The summed E-state index contributed by atoms with van der Waals surface area (Å²) in [5.74, 6) is 0.0393. The molecule has 166 valence electrons. The molecule has 6 heteroatoms. The van der Waals surface area contributed by atoms with Crippen LogP contribution >= 0.6 is 11.8 Å². The van der Waals surface area contributed by atoms with E-state index in [1.54, 1.807) is 16.7 Å². The fraction of sp³-hybridized carbons (Fsp3) is 0.148. The average Bonchev–Trinajstić information content (AvgIpc) is 2.85. The summed E-state index contributed by atoms with van der Waals surface area (Å²) in [6.07, 6.45) is 2.35. The third kappa shape index (κ3) is 5.59. The number of benzene rings is 3. The standard InChI is InChI=1S/C27H25N3O2S/c1-2-17-30-26(32)22-15-9-10-16-23(22)29-27(30)33-19-25(31)28-24(21-13-7-4-8-14-21)18-20-11-5-3-6-12-20/h2-16,24H,1,17-19H2,(H,28,31). The molecule has 0 spiro atoms. The second-order valence-electron chi connectivity index (χ2n) is 7.63. The van der Waals surface area contributed by atoms with Gasteiger partial charge in [0.05, 0.1) is 22.7 Å². The summed E-state index contributed by atoms with van der Waals surface area (Å²) in [5, 5.41) is 4.22. The first kappa shape index (κ1) is 22.6. The van der Waals surface area contributed by atoms with Crippen molar-refractivity contribution >= 4 is 28.6 Å². The molecule has 1 heterocycles. The molecular weight excluding hydrogens is 430 g/mol. The van der Waals surface area contributed by atoms with Crippen molar-refractivity contribution in [2.45, 2.75) is 24.2 Å². The van der Waals surface area contributed by atoms with E-state index < -0.39 is 0 Å². The molecule has 0 aliphatic carbocycles. The lowest BCUT2D eigenvalue weighted by Gasteiger charge is -2.20. The number of hydrogen-bond acceptors (Lipinski definition) is 4. The highest BCUT2D eigenvalue weighted by Crippen LogP contribution is 2.21. The summed E-state index contributed by atoms with van der Waals surface area (Å²) in [4.78, 5) is 30.5. The molecule has 0 bridgehead atoms. The second-order valence-corrected chi connectivity index (χ2v) is 8.57. The van der Waals surface area contributed by atoms with Crippen LogP contribution in [0.2, 0.25) is 0 Å². The number of allylic oxidation sites excluding steroid dienone is 1. The molecule has 0 aliphatic rings. The Morgan fingerprint density at radius 1 is 1.00 bits per heavy atom. The summed E-state index contributed by atoms with van der Waals surface area (Å²) in [5.41, 5.74) is 2.69. The van der Waals surface area contributed by atoms with Crippen molar-refractivity contribution < 1.29 is 4.79 Å². The van der Waals surface area contributed by atoms with Crippen molar-refractivity contribution in [3.8, 4) is 0 Å². The number of nitrogens with zero attached hydrogens (tertiary/aromatic N) is 2. The van der Waals surface area contributed by atoms with E-state index in [4.69, 9.17) is 0 Å². The molecule has 33 heavy (non-hydrogen) atoms. The molecule has 0 fully saturated rings. The van der Waals surface area contributed by atoms with Crippen LogP contribution in [-0.2, 0) is 17.8 Å². The van der Waals surface area contributed by atoms with Gasteiger partial charge in [-0.05, 0) is 29.7 Å². The van der Waals surface area contributed by atoms with Crippen LogP contribution in [0.1, 0.15) is 17.2 Å². The van der Waals surface area contributed by atoms with Gasteiger partial charge >= 0.3 is 0 Å². The molecular formula is C27H25N3O2S. The highest BCUT2D eigenvalue weighted by molar-refractivity contribution is 7.99. The Morgan fingerprint density at radius 2 is 1.67 bits per heavy atom. The topological polar surface area (TPSA) is 64.0 Å². The number of carbonyl (C=O) groups excluding carboxylic acids is 1. The fourth-order valence-corrected chi connectivity index (χ4v) is 4.52. The molecule has 0 aliphatic heterocycles. The van der Waals surface area contributed by atoms with E-state index in [1.165, 1.54) is 11.8 Å². The number of carbonyl (C=O) groups is 1. The smallest absolute Gasteiger partial charge is 0.262 e. The maximum atomic E-state index is 12.9. The van der Waals surface area contributed by atoms with Crippen molar-refractivity contribution in [3.05, 3.63) is 119 Å².